The van der Waals surface area contributed by atoms with Crippen LogP contribution in [0.3, 0.4) is 0 Å². The van der Waals surface area contributed by atoms with Crippen LogP contribution in [0.5, 0.6) is 0 Å². The van der Waals surface area contributed by atoms with Gasteiger partial charge in [-0.25, -0.2) is 4.39 Å². The molecule has 1 aromatic rings. The number of halogens is 2. The predicted molar refractivity (Wildman–Crippen MR) is 72.2 cm³/mol. The fourth-order valence-corrected chi connectivity index (χ4v) is 3.18. The van der Waals surface area contributed by atoms with Crippen LogP contribution in [-0.2, 0) is 0 Å². The lowest BCUT2D eigenvalue weighted by Gasteiger charge is -2.31. The van der Waals surface area contributed by atoms with Crippen molar-refractivity contribution in [2.45, 2.75) is 38.6 Å². The molecule has 0 radical (unpaired) electrons. The molecule has 2 N–H and O–H groups in total. The summed E-state index contributed by atoms with van der Waals surface area (Å²) >= 11 is 3.46. The summed E-state index contributed by atoms with van der Waals surface area (Å²) in [6.07, 6.45) is 4.80. The van der Waals surface area contributed by atoms with Crippen LogP contribution < -0.4 is 5.73 Å². The number of nitrogens with two attached hydrogens (primary N) is 1. The summed E-state index contributed by atoms with van der Waals surface area (Å²) in [6, 6.07) is 4.72. The van der Waals surface area contributed by atoms with Gasteiger partial charge in [-0.1, -0.05) is 35.7 Å². The summed E-state index contributed by atoms with van der Waals surface area (Å²) in [6.45, 7) is 2.29. The van der Waals surface area contributed by atoms with Gasteiger partial charge >= 0.3 is 0 Å². The molecule has 1 nitrogen and oxygen atoms in total. The van der Waals surface area contributed by atoms with Gasteiger partial charge in [0, 0.05) is 10.5 Å². The highest BCUT2D eigenvalue weighted by atomic mass is 79.9. The molecule has 1 atom stereocenters. The maximum atomic E-state index is 13.3. The van der Waals surface area contributed by atoms with Crippen LogP contribution >= 0.6 is 15.9 Å². The van der Waals surface area contributed by atoms with Crippen molar-refractivity contribution in [1.29, 1.82) is 0 Å². The summed E-state index contributed by atoms with van der Waals surface area (Å²) in [5.41, 5.74) is 7.20. The van der Waals surface area contributed by atoms with E-state index in [1.807, 2.05) is 0 Å². The zero-order valence-electron chi connectivity index (χ0n) is 10.1. The van der Waals surface area contributed by atoms with Gasteiger partial charge in [-0.2, -0.15) is 0 Å². The molecular formula is C14H19BrFN. The number of hydrogen-bond acceptors (Lipinski definition) is 1. The maximum Gasteiger partial charge on any atom is 0.123 e. The first-order valence-electron chi connectivity index (χ1n) is 6.28. The lowest BCUT2D eigenvalue weighted by molar-refractivity contribution is 0.255. The number of benzene rings is 1. The van der Waals surface area contributed by atoms with Crippen LogP contribution in [0.4, 0.5) is 4.39 Å². The van der Waals surface area contributed by atoms with Crippen LogP contribution in [0, 0.1) is 17.7 Å². The first kappa shape index (κ1) is 13.0. The van der Waals surface area contributed by atoms with Gasteiger partial charge in [0.05, 0.1) is 0 Å². The Hall–Kier alpha value is -0.410. The average Bonchev–Trinajstić information content (AvgIpc) is 2.32. The van der Waals surface area contributed by atoms with Crippen molar-refractivity contribution < 1.29 is 4.39 Å². The van der Waals surface area contributed by atoms with Crippen molar-refractivity contribution in [2.24, 2.45) is 17.6 Å². The van der Waals surface area contributed by atoms with E-state index in [1.165, 1.54) is 18.9 Å². The van der Waals surface area contributed by atoms with Gasteiger partial charge in [-0.05, 0) is 48.4 Å². The quantitative estimate of drug-likeness (QED) is 0.860. The summed E-state index contributed by atoms with van der Waals surface area (Å²) < 4.78 is 14.2. The Bertz CT molecular complexity index is 386. The summed E-state index contributed by atoms with van der Waals surface area (Å²) in [4.78, 5) is 0. The number of hydrogen-bond donors (Lipinski definition) is 1. The minimum absolute atomic E-state index is 0.0485. The summed E-state index contributed by atoms with van der Waals surface area (Å²) in [5.74, 6) is 1.10. The Kier molecular flexibility index (Phi) is 4.21. The van der Waals surface area contributed by atoms with Crippen molar-refractivity contribution in [1.82, 2.24) is 0 Å². The highest BCUT2D eigenvalue weighted by Crippen LogP contribution is 2.37. The van der Waals surface area contributed by atoms with Gasteiger partial charge in [0.15, 0.2) is 0 Å². The van der Waals surface area contributed by atoms with Crippen molar-refractivity contribution in [3.8, 4) is 0 Å². The topological polar surface area (TPSA) is 26.0 Å². The molecule has 1 aromatic carbocycles. The van der Waals surface area contributed by atoms with Crippen LogP contribution in [0.15, 0.2) is 22.7 Å². The van der Waals surface area contributed by atoms with E-state index in [4.69, 9.17) is 5.73 Å². The molecule has 1 aliphatic rings. The summed E-state index contributed by atoms with van der Waals surface area (Å²) in [7, 11) is 0. The Morgan fingerprint density at radius 2 is 1.94 bits per heavy atom. The lowest BCUT2D eigenvalue weighted by atomic mass is 9.78. The lowest BCUT2D eigenvalue weighted by Crippen LogP contribution is -2.25. The van der Waals surface area contributed by atoms with Crippen molar-refractivity contribution in [3.63, 3.8) is 0 Å². The molecule has 1 fully saturated rings. The first-order valence-corrected chi connectivity index (χ1v) is 7.07. The van der Waals surface area contributed by atoms with E-state index >= 15 is 0 Å². The molecule has 3 heteroatoms. The second-order valence-corrected chi connectivity index (χ2v) is 6.07. The first-order chi connectivity index (χ1) is 8.08. The molecule has 0 aliphatic heterocycles. The van der Waals surface area contributed by atoms with E-state index < -0.39 is 0 Å². The van der Waals surface area contributed by atoms with E-state index in [0.717, 1.165) is 28.8 Å². The molecule has 1 aliphatic carbocycles. The third kappa shape index (κ3) is 3.08. The van der Waals surface area contributed by atoms with Gasteiger partial charge in [0.25, 0.3) is 0 Å². The molecule has 0 saturated heterocycles. The molecule has 0 aromatic heterocycles. The Morgan fingerprint density at radius 1 is 1.29 bits per heavy atom. The molecule has 0 amide bonds. The maximum absolute atomic E-state index is 13.3. The van der Waals surface area contributed by atoms with Crippen LogP contribution in [0.2, 0.25) is 0 Å². The summed E-state index contributed by atoms with van der Waals surface area (Å²) in [5, 5.41) is 0. The standard InChI is InChI=1S/C14H19BrFN/c1-9-2-4-10(5-3-9)14(17)12-8-11(16)6-7-13(12)15/h6-10,14H,2-5,17H2,1H3. The largest absolute Gasteiger partial charge is 0.324 e. The molecule has 0 heterocycles. The van der Waals surface area contributed by atoms with Crippen molar-refractivity contribution in [2.75, 3.05) is 0 Å². The van der Waals surface area contributed by atoms with E-state index in [2.05, 4.69) is 22.9 Å². The van der Waals surface area contributed by atoms with E-state index in [1.54, 1.807) is 12.1 Å². The molecule has 1 saturated carbocycles. The smallest absolute Gasteiger partial charge is 0.123 e. The zero-order valence-corrected chi connectivity index (χ0v) is 11.7. The zero-order chi connectivity index (χ0) is 12.4. The van der Waals surface area contributed by atoms with E-state index in [9.17, 15) is 4.39 Å². The second kappa shape index (κ2) is 5.49. The normalized spacial score (nSPS) is 26.8. The molecule has 1 unspecified atom stereocenters. The molecular weight excluding hydrogens is 281 g/mol. The molecule has 0 spiro atoms. The van der Waals surface area contributed by atoms with Gasteiger partial charge in [-0.3, -0.25) is 0 Å². The van der Waals surface area contributed by atoms with Gasteiger partial charge in [0.2, 0.25) is 0 Å². The Morgan fingerprint density at radius 3 is 2.59 bits per heavy atom. The fourth-order valence-electron chi connectivity index (χ4n) is 2.67. The molecule has 2 rings (SSSR count). The van der Waals surface area contributed by atoms with Crippen LogP contribution in [0.25, 0.3) is 0 Å². The van der Waals surface area contributed by atoms with E-state index in [0.29, 0.717) is 5.92 Å². The Balaban J connectivity index is 2.13. The third-order valence-corrected chi connectivity index (χ3v) is 4.61. The molecule has 94 valence electrons. The van der Waals surface area contributed by atoms with Crippen LogP contribution in [0.1, 0.15) is 44.2 Å². The van der Waals surface area contributed by atoms with Gasteiger partial charge < -0.3 is 5.73 Å². The fraction of sp³-hybridized carbons (Fsp3) is 0.571. The highest BCUT2D eigenvalue weighted by molar-refractivity contribution is 9.10. The SMILES string of the molecule is CC1CCC(C(N)c2cc(F)ccc2Br)CC1. The minimum Gasteiger partial charge on any atom is -0.324 e. The third-order valence-electron chi connectivity index (χ3n) is 3.89. The monoisotopic (exact) mass is 299 g/mol. The Labute approximate surface area is 111 Å². The average molecular weight is 300 g/mol. The van der Waals surface area contributed by atoms with E-state index in [-0.39, 0.29) is 11.9 Å². The van der Waals surface area contributed by atoms with Gasteiger partial charge in [0.1, 0.15) is 5.82 Å². The van der Waals surface area contributed by atoms with Crippen molar-refractivity contribution in [3.05, 3.63) is 34.1 Å². The van der Waals surface area contributed by atoms with Crippen LogP contribution in [-0.4, -0.2) is 0 Å². The minimum atomic E-state index is -0.206. The molecule has 17 heavy (non-hydrogen) atoms. The second-order valence-electron chi connectivity index (χ2n) is 5.21. The van der Waals surface area contributed by atoms with Gasteiger partial charge in [-0.15, -0.1) is 0 Å². The highest BCUT2D eigenvalue weighted by Gasteiger charge is 2.25. The van der Waals surface area contributed by atoms with Crippen molar-refractivity contribution >= 4 is 15.9 Å². The predicted octanol–water partition coefficient (Wildman–Crippen LogP) is 4.41. The molecule has 0 bridgehead atoms. The number of rotatable bonds is 2.